The van der Waals surface area contributed by atoms with Crippen LogP contribution in [0.15, 0.2) is 54.7 Å². The molecule has 1 aliphatic heterocycles. The van der Waals surface area contributed by atoms with Crippen LogP contribution in [0.2, 0.25) is 0 Å². The summed E-state index contributed by atoms with van der Waals surface area (Å²) in [6, 6.07) is 16.2. The van der Waals surface area contributed by atoms with Crippen molar-refractivity contribution in [2.24, 2.45) is 0 Å². The minimum absolute atomic E-state index is 0.206. The maximum atomic E-state index is 12.1. The van der Waals surface area contributed by atoms with Crippen LogP contribution in [0.5, 0.6) is 0 Å². The zero-order chi connectivity index (χ0) is 20.2. The first kappa shape index (κ1) is 18.9. The fourth-order valence-corrected chi connectivity index (χ4v) is 3.49. The Hall–Kier alpha value is -3.41. The Balaban J connectivity index is 1.53. The van der Waals surface area contributed by atoms with E-state index in [0.29, 0.717) is 18.9 Å². The fourth-order valence-electron chi connectivity index (χ4n) is 3.49. The van der Waals surface area contributed by atoms with Gasteiger partial charge in [0.15, 0.2) is 0 Å². The van der Waals surface area contributed by atoms with E-state index in [2.05, 4.69) is 38.8 Å². The first-order valence-corrected chi connectivity index (χ1v) is 9.94. The lowest BCUT2D eigenvalue weighted by atomic mass is 9.99. The molecule has 0 bridgehead atoms. The fraction of sp³-hybridized carbons (Fsp3) is 0.261. The Morgan fingerprint density at radius 3 is 2.69 bits per heavy atom. The van der Waals surface area contributed by atoms with Gasteiger partial charge in [0.2, 0.25) is 11.9 Å². The Labute approximate surface area is 171 Å². The molecule has 2 aromatic carbocycles. The van der Waals surface area contributed by atoms with Gasteiger partial charge < -0.3 is 15.5 Å². The van der Waals surface area contributed by atoms with Crippen molar-refractivity contribution in [2.75, 3.05) is 17.2 Å². The second-order valence-electron chi connectivity index (χ2n) is 7.24. The molecule has 1 aromatic heterocycles. The molecule has 0 fully saturated rings. The van der Waals surface area contributed by atoms with Gasteiger partial charge in [-0.15, -0.1) is 0 Å². The topological polar surface area (TPSA) is 70.2 Å². The number of benzene rings is 2. The number of anilines is 4. The number of hydrogen-bond donors (Lipinski definition) is 2. The highest BCUT2D eigenvalue weighted by Gasteiger charge is 2.19. The van der Waals surface area contributed by atoms with Gasteiger partial charge in [-0.25, -0.2) is 4.98 Å². The number of rotatable bonds is 5. The molecule has 0 aliphatic carbocycles. The van der Waals surface area contributed by atoms with Crippen LogP contribution in [-0.4, -0.2) is 27.3 Å². The van der Waals surface area contributed by atoms with E-state index in [0.717, 1.165) is 35.7 Å². The Morgan fingerprint density at radius 1 is 1.07 bits per heavy atom. The SMILES string of the molecule is CCC(=O)N1CCc2ccc(Nc3nc(Nc4ccccc4)ncc3C)cc2C1. The van der Waals surface area contributed by atoms with E-state index >= 15 is 0 Å². The van der Waals surface area contributed by atoms with Gasteiger partial charge in [0.25, 0.3) is 0 Å². The molecule has 29 heavy (non-hydrogen) atoms. The first-order valence-electron chi connectivity index (χ1n) is 9.94. The molecule has 0 atom stereocenters. The van der Waals surface area contributed by atoms with E-state index in [9.17, 15) is 4.79 Å². The summed E-state index contributed by atoms with van der Waals surface area (Å²) in [5.41, 5.74) is 5.36. The van der Waals surface area contributed by atoms with Crippen molar-refractivity contribution >= 4 is 29.0 Å². The number of carbonyl (C=O) groups is 1. The Morgan fingerprint density at radius 2 is 1.90 bits per heavy atom. The number of para-hydroxylation sites is 1. The number of aromatic nitrogens is 2. The average molecular weight is 387 g/mol. The summed E-state index contributed by atoms with van der Waals surface area (Å²) in [4.78, 5) is 23.0. The lowest BCUT2D eigenvalue weighted by Gasteiger charge is -2.29. The molecule has 1 amide bonds. The maximum absolute atomic E-state index is 12.1. The Bertz CT molecular complexity index is 1020. The van der Waals surface area contributed by atoms with E-state index in [1.807, 2.05) is 49.1 Å². The van der Waals surface area contributed by atoms with Gasteiger partial charge in [0.1, 0.15) is 5.82 Å². The van der Waals surface area contributed by atoms with Crippen LogP contribution in [0, 0.1) is 6.92 Å². The molecule has 2 heterocycles. The molecule has 4 rings (SSSR count). The van der Waals surface area contributed by atoms with E-state index in [1.165, 1.54) is 11.1 Å². The van der Waals surface area contributed by atoms with Crippen LogP contribution >= 0.6 is 0 Å². The van der Waals surface area contributed by atoms with Crippen molar-refractivity contribution in [3.8, 4) is 0 Å². The number of amides is 1. The van der Waals surface area contributed by atoms with Crippen molar-refractivity contribution in [1.29, 1.82) is 0 Å². The molecule has 0 saturated heterocycles. The summed E-state index contributed by atoms with van der Waals surface area (Å²) in [6.07, 6.45) is 3.25. The largest absolute Gasteiger partial charge is 0.340 e. The van der Waals surface area contributed by atoms with Crippen molar-refractivity contribution in [3.63, 3.8) is 0 Å². The number of nitrogens with zero attached hydrogens (tertiary/aromatic N) is 3. The van der Waals surface area contributed by atoms with Crippen molar-refractivity contribution in [2.45, 2.75) is 33.2 Å². The molecule has 6 heteroatoms. The molecule has 6 nitrogen and oxygen atoms in total. The van der Waals surface area contributed by atoms with Crippen LogP contribution in [-0.2, 0) is 17.8 Å². The third-order valence-corrected chi connectivity index (χ3v) is 5.14. The van der Waals surface area contributed by atoms with Gasteiger partial charge in [0, 0.05) is 42.6 Å². The van der Waals surface area contributed by atoms with Crippen molar-refractivity contribution in [3.05, 3.63) is 71.4 Å². The number of aryl methyl sites for hydroxylation is 1. The number of fused-ring (bicyclic) bond motifs is 1. The van der Waals surface area contributed by atoms with E-state index in [-0.39, 0.29) is 5.91 Å². The van der Waals surface area contributed by atoms with Gasteiger partial charge >= 0.3 is 0 Å². The maximum Gasteiger partial charge on any atom is 0.229 e. The standard InChI is InChI=1S/C23H25N5O/c1-3-21(29)28-12-11-17-9-10-20(13-18(17)15-28)25-22-16(2)14-24-23(27-22)26-19-7-5-4-6-8-19/h4-10,13-14H,3,11-12,15H2,1-2H3,(H2,24,25,26,27). The lowest BCUT2D eigenvalue weighted by molar-refractivity contribution is -0.131. The molecule has 0 saturated carbocycles. The smallest absolute Gasteiger partial charge is 0.229 e. The normalized spacial score (nSPS) is 13.0. The van der Waals surface area contributed by atoms with E-state index in [1.54, 1.807) is 6.20 Å². The third-order valence-electron chi connectivity index (χ3n) is 5.14. The summed E-state index contributed by atoms with van der Waals surface area (Å²) in [5.74, 6) is 1.51. The quantitative estimate of drug-likeness (QED) is 0.671. The van der Waals surface area contributed by atoms with Crippen molar-refractivity contribution in [1.82, 2.24) is 14.9 Å². The van der Waals surface area contributed by atoms with E-state index in [4.69, 9.17) is 0 Å². The first-order chi connectivity index (χ1) is 14.1. The highest BCUT2D eigenvalue weighted by molar-refractivity contribution is 5.76. The van der Waals surface area contributed by atoms with Gasteiger partial charge in [-0.2, -0.15) is 4.98 Å². The summed E-state index contributed by atoms with van der Waals surface area (Å²) in [6.45, 7) is 5.36. The summed E-state index contributed by atoms with van der Waals surface area (Å²) in [5, 5.41) is 6.64. The van der Waals surface area contributed by atoms with Crippen molar-refractivity contribution < 1.29 is 4.79 Å². The minimum atomic E-state index is 0.206. The molecule has 2 N–H and O–H groups in total. The van der Waals surface area contributed by atoms with Crippen LogP contribution in [0.1, 0.15) is 30.0 Å². The molecule has 0 spiro atoms. The molecule has 0 unspecified atom stereocenters. The summed E-state index contributed by atoms with van der Waals surface area (Å²) < 4.78 is 0. The van der Waals surface area contributed by atoms with E-state index < -0.39 is 0 Å². The monoisotopic (exact) mass is 387 g/mol. The third kappa shape index (κ3) is 4.37. The number of nitrogens with one attached hydrogen (secondary N) is 2. The van der Waals surface area contributed by atoms with Gasteiger partial charge in [-0.1, -0.05) is 31.2 Å². The van der Waals surface area contributed by atoms with Crippen LogP contribution in [0.25, 0.3) is 0 Å². The molecular formula is C23H25N5O. The molecular weight excluding hydrogens is 362 g/mol. The van der Waals surface area contributed by atoms with Gasteiger partial charge in [-0.05, 0) is 48.7 Å². The molecule has 0 radical (unpaired) electrons. The second-order valence-corrected chi connectivity index (χ2v) is 7.24. The Kier molecular flexibility index (Phi) is 5.42. The van der Waals surface area contributed by atoms with Crippen LogP contribution < -0.4 is 10.6 Å². The molecule has 3 aromatic rings. The van der Waals surface area contributed by atoms with Crippen LogP contribution in [0.3, 0.4) is 0 Å². The number of hydrogen-bond acceptors (Lipinski definition) is 5. The van der Waals surface area contributed by atoms with Crippen LogP contribution in [0.4, 0.5) is 23.1 Å². The second kappa shape index (κ2) is 8.31. The zero-order valence-corrected chi connectivity index (χ0v) is 16.8. The zero-order valence-electron chi connectivity index (χ0n) is 16.8. The predicted octanol–water partition coefficient (Wildman–Crippen LogP) is 4.57. The number of carbonyl (C=O) groups excluding carboxylic acids is 1. The van der Waals surface area contributed by atoms with Gasteiger partial charge in [0.05, 0.1) is 0 Å². The molecule has 148 valence electrons. The summed E-state index contributed by atoms with van der Waals surface area (Å²) in [7, 11) is 0. The highest BCUT2D eigenvalue weighted by Crippen LogP contribution is 2.26. The predicted molar refractivity (Wildman–Crippen MR) is 116 cm³/mol. The summed E-state index contributed by atoms with van der Waals surface area (Å²) >= 11 is 0. The minimum Gasteiger partial charge on any atom is -0.340 e. The highest BCUT2D eigenvalue weighted by atomic mass is 16.2. The molecule has 1 aliphatic rings. The van der Waals surface area contributed by atoms with Gasteiger partial charge in [-0.3, -0.25) is 4.79 Å². The lowest BCUT2D eigenvalue weighted by Crippen LogP contribution is -2.35. The average Bonchev–Trinajstić information content (AvgIpc) is 2.75.